The number of aromatic nitrogens is 2. The first-order valence-electron chi connectivity index (χ1n) is 8.73. The van der Waals surface area contributed by atoms with Crippen molar-refractivity contribution in [1.82, 2.24) is 20.0 Å². The average molecular weight is 463 g/mol. The number of halogens is 1. The molecule has 2 heterocycles. The van der Waals surface area contributed by atoms with Gasteiger partial charge in [0.15, 0.2) is 5.96 Å². The lowest BCUT2D eigenvalue weighted by molar-refractivity contribution is -0.149. The van der Waals surface area contributed by atoms with E-state index in [1.54, 1.807) is 7.05 Å². The summed E-state index contributed by atoms with van der Waals surface area (Å²) in [6.45, 7) is 4.75. The molecule has 1 aliphatic heterocycles. The molecule has 0 radical (unpaired) electrons. The van der Waals surface area contributed by atoms with Crippen LogP contribution < -0.4 is 5.32 Å². The first-order chi connectivity index (χ1) is 11.6. The van der Waals surface area contributed by atoms with Crippen molar-refractivity contribution in [3.05, 3.63) is 18.0 Å². The van der Waals surface area contributed by atoms with Gasteiger partial charge < -0.3 is 15.0 Å². The van der Waals surface area contributed by atoms with Crippen molar-refractivity contribution in [2.75, 3.05) is 33.3 Å². The molecule has 1 fully saturated rings. The second-order valence-corrected chi connectivity index (χ2v) is 6.14. The summed E-state index contributed by atoms with van der Waals surface area (Å²) in [5.74, 6) is 0.733. The van der Waals surface area contributed by atoms with Gasteiger partial charge in [0, 0.05) is 39.9 Å². The molecule has 8 heteroatoms. The molecule has 0 spiro atoms. The monoisotopic (exact) mass is 463 g/mol. The lowest BCUT2D eigenvalue weighted by Gasteiger charge is -2.33. The highest BCUT2D eigenvalue weighted by atomic mass is 127. The first kappa shape index (κ1) is 21.7. The van der Waals surface area contributed by atoms with Gasteiger partial charge in [-0.25, -0.2) is 0 Å². The molecule has 0 amide bonds. The normalized spacial score (nSPS) is 17.8. The van der Waals surface area contributed by atoms with Crippen molar-refractivity contribution in [3.63, 3.8) is 0 Å². The molecular formula is C17H30IN5O2. The van der Waals surface area contributed by atoms with E-state index in [0.29, 0.717) is 13.2 Å². The number of nitrogens with zero attached hydrogens (tertiary/aromatic N) is 4. The van der Waals surface area contributed by atoms with Gasteiger partial charge in [0.2, 0.25) is 0 Å². The van der Waals surface area contributed by atoms with E-state index < -0.39 is 0 Å². The van der Waals surface area contributed by atoms with Gasteiger partial charge in [0.1, 0.15) is 0 Å². The Kier molecular flexibility index (Phi) is 9.84. The van der Waals surface area contributed by atoms with Crippen LogP contribution in [0.25, 0.3) is 0 Å². The van der Waals surface area contributed by atoms with Gasteiger partial charge in [-0.15, -0.1) is 24.0 Å². The number of guanidine groups is 1. The van der Waals surface area contributed by atoms with Gasteiger partial charge in [-0.2, -0.15) is 5.10 Å². The number of likely N-dealkylation sites (tertiary alicyclic amines) is 1. The smallest absolute Gasteiger partial charge is 0.310 e. The Balaban J connectivity index is 0.00000312. The fourth-order valence-corrected chi connectivity index (χ4v) is 3.05. The molecule has 0 bridgehead atoms. The number of esters is 1. The van der Waals surface area contributed by atoms with Crippen LogP contribution in [0.15, 0.2) is 17.4 Å². The molecule has 1 aromatic rings. The summed E-state index contributed by atoms with van der Waals surface area (Å²) in [6, 6.07) is 0. The number of aliphatic imine (C=N–C) groups is 1. The third-order valence-corrected chi connectivity index (χ3v) is 4.24. The van der Waals surface area contributed by atoms with Crippen LogP contribution in [0.3, 0.4) is 0 Å². The Labute approximate surface area is 167 Å². The van der Waals surface area contributed by atoms with E-state index in [4.69, 9.17) is 4.74 Å². The number of hydrogen-bond acceptors (Lipinski definition) is 4. The minimum absolute atomic E-state index is 0. The largest absolute Gasteiger partial charge is 0.466 e. The summed E-state index contributed by atoms with van der Waals surface area (Å²) in [6.07, 6.45) is 7.84. The third-order valence-electron chi connectivity index (χ3n) is 4.24. The highest BCUT2D eigenvalue weighted by Gasteiger charge is 2.28. The van der Waals surface area contributed by atoms with Crippen LogP contribution in [0.4, 0.5) is 0 Å². The minimum atomic E-state index is -0.0887. The second kappa shape index (κ2) is 11.3. The summed E-state index contributed by atoms with van der Waals surface area (Å²) in [5, 5.41) is 7.58. The maximum atomic E-state index is 12.0. The van der Waals surface area contributed by atoms with E-state index in [1.807, 2.05) is 31.0 Å². The highest BCUT2D eigenvalue weighted by Crippen LogP contribution is 2.18. The summed E-state index contributed by atoms with van der Waals surface area (Å²) >= 11 is 0. The molecule has 7 nitrogen and oxygen atoms in total. The molecule has 1 atom stereocenters. The van der Waals surface area contributed by atoms with Gasteiger partial charge in [0.25, 0.3) is 0 Å². The van der Waals surface area contributed by atoms with Crippen LogP contribution in [0.2, 0.25) is 0 Å². The Morgan fingerprint density at radius 1 is 1.52 bits per heavy atom. The SMILES string of the molecule is CCOC(=O)C1CCCN(C(=NC)NCCCc2cnn(C)c2)C1.I. The molecule has 142 valence electrons. The third kappa shape index (κ3) is 6.83. The lowest BCUT2D eigenvalue weighted by Crippen LogP contribution is -2.48. The van der Waals surface area contributed by atoms with Crippen molar-refractivity contribution in [2.45, 2.75) is 32.6 Å². The predicted molar refractivity (Wildman–Crippen MR) is 109 cm³/mol. The van der Waals surface area contributed by atoms with E-state index in [1.165, 1.54) is 5.56 Å². The number of hydrogen-bond donors (Lipinski definition) is 1. The van der Waals surface area contributed by atoms with Crippen molar-refractivity contribution in [1.29, 1.82) is 0 Å². The number of ether oxygens (including phenoxy) is 1. The zero-order valence-corrected chi connectivity index (χ0v) is 17.7. The Morgan fingerprint density at radius 3 is 2.96 bits per heavy atom. The molecular weight excluding hydrogens is 433 g/mol. The average Bonchev–Trinajstić information content (AvgIpc) is 3.00. The maximum Gasteiger partial charge on any atom is 0.310 e. The number of nitrogens with one attached hydrogen (secondary N) is 1. The van der Waals surface area contributed by atoms with E-state index in [0.717, 1.165) is 44.7 Å². The first-order valence-corrected chi connectivity index (χ1v) is 8.73. The Hall–Kier alpha value is -1.32. The molecule has 0 aliphatic carbocycles. The van der Waals surface area contributed by atoms with Gasteiger partial charge in [-0.1, -0.05) is 0 Å². The van der Waals surface area contributed by atoms with E-state index in [2.05, 4.69) is 20.3 Å². The van der Waals surface area contributed by atoms with Crippen LogP contribution in [-0.4, -0.2) is 59.9 Å². The van der Waals surface area contributed by atoms with Gasteiger partial charge in [0.05, 0.1) is 18.7 Å². The summed E-state index contributed by atoms with van der Waals surface area (Å²) in [4.78, 5) is 18.5. The Morgan fingerprint density at radius 2 is 2.32 bits per heavy atom. The van der Waals surface area contributed by atoms with Crippen molar-refractivity contribution >= 4 is 35.9 Å². The van der Waals surface area contributed by atoms with Crippen LogP contribution in [0.1, 0.15) is 31.7 Å². The van der Waals surface area contributed by atoms with E-state index >= 15 is 0 Å². The van der Waals surface area contributed by atoms with Crippen LogP contribution in [-0.2, 0) is 23.0 Å². The van der Waals surface area contributed by atoms with Gasteiger partial charge in [-0.3, -0.25) is 14.5 Å². The summed E-state index contributed by atoms with van der Waals surface area (Å²) in [5.41, 5.74) is 1.25. The number of aryl methyl sites for hydroxylation is 2. The molecule has 25 heavy (non-hydrogen) atoms. The fourth-order valence-electron chi connectivity index (χ4n) is 3.05. The zero-order chi connectivity index (χ0) is 17.4. The molecule has 2 rings (SSSR count). The Bertz CT molecular complexity index is 561. The highest BCUT2D eigenvalue weighted by molar-refractivity contribution is 14.0. The van der Waals surface area contributed by atoms with E-state index in [9.17, 15) is 4.79 Å². The van der Waals surface area contributed by atoms with Crippen molar-refractivity contribution in [2.24, 2.45) is 18.0 Å². The number of rotatable bonds is 6. The number of carbonyl (C=O) groups excluding carboxylic acids is 1. The molecule has 1 aliphatic rings. The van der Waals surface area contributed by atoms with Gasteiger partial charge >= 0.3 is 5.97 Å². The maximum absolute atomic E-state index is 12.0. The molecule has 1 saturated heterocycles. The van der Waals surface area contributed by atoms with Gasteiger partial charge in [-0.05, 0) is 38.2 Å². The van der Waals surface area contributed by atoms with Crippen molar-refractivity contribution in [3.8, 4) is 0 Å². The molecule has 1 aromatic heterocycles. The zero-order valence-electron chi connectivity index (χ0n) is 15.4. The second-order valence-electron chi connectivity index (χ2n) is 6.14. The fraction of sp³-hybridized carbons (Fsp3) is 0.706. The number of carbonyl (C=O) groups is 1. The van der Waals surface area contributed by atoms with Crippen LogP contribution in [0.5, 0.6) is 0 Å². The van der Waals surface area contributed by atoms with Crippen molar-refractivity contribution < 1.29 is 9.53 Å². The topological polar surface area (TPSA) is 71.8 Å². The minimum Gasteiger partial charge on any atom is -0.466 e. The quantitative estimate of drug-likeness (QED) is 0.229. The number of piperidine rings is 1. The molecule has 1 N–H and O–H groups in total. The van der Waals surface area contributed by atoms with Crippen LogP contribution >= 0.6 is 24.0 Å². The molecule has 0 saturated carbocycles. The summed E-state index contributed by atoms with van der Waals surface area (Å²) in [7, 11) is 3.72. The summed E-state index contributed by atoms with van der Waals surface area (Å²) < 4.78 is 6.98. The molecule has 0 aromatic carbocycles. The predicted octanol–water partition coefficient (Wildman–Crippen LogP) is 1.82. The molecule has 1 unspecified atom stereocenters. The van der Waals surface area contributed by atoms with E-state index in [-0.39, 0.29) is 35.9 Å². The lowest BCUT2D eigenvalue weighted by atomic mass is 9.98. The van der Waals surface area contributed by atoms with Crippen LogP contribution in [0, 0.1) is 5.92 Å². The standard InChI is InChI=1S/C17H29N5O2.HI/c1-4-24-16(23)15-8-6-10-22(13-15)17(18-2)19-9-5-7-14-11-20-21(3)12-14;/h11-12,15H,4-10,13H2,1-3H3,(H,18,19);1H.